The number of rotatable bonds is 5. The average Bonchev–Trinajstić information content (AvgIpc) is 4.13. The summed E-state index contributed by atoms with van der Waals surface area (Å²) in [7, 11) is 0. The van der Waals surface area contributed by atoms with Crippen LogP contribution in [0, 0.1) is 11.6 Å². The molecular weight excluding hydrogens is 935 g/mol. The van der Waals surface area contributed by atoms with Gasteiger partial charge >= 0.3 is 0 Å². The van der Waals surface area contributed by atoms with Crippen LogP contribution in [0.2, 0.25) is 0 Å². The molecule has 0 atom stereocenters. The van der Waals surface area contributed by atoms with Crippen LogP contribution in [0.1, 0.15) is 0 Å². The van der Waals surface area contributed by atoms with Gasteiger partial charge in [-0.1, -0.05) is 188 Å². The average molecular weight is 975 g/mol. The largest absolute Gasteiger partial charge is 0.456 e. The Labute approximate surface area is 433 Å². The van der Waals surface area contributed by atoms with Gasteiger partial charge < -0.3 is 8.83 Å². The molecule has 16 rings (SSSR count). The number of hydrogen-bond acceptors (Lipinski definition) is 2. The smallest absolute Gasteiger partial charge is 0.143 e. The summed E-state index contributed by atoms with van der Waals surface area (Å²) in [6.07, 6.45) is 0. The van der Waals surface area contributed by atoms with Gasteiger partial charge in [0.1, 0.15) is 34.0 Å². The van der Waals surface area contributed by atoms with E-state index < -0.39 is 0 Å². The molecule has 0 unspecified atom stereocenters. The monoisotopic (exact) mass is 974 g/mol. The topological polar surface area (TPSA) is 26.3 Å². The van der Waals surface area contributed by atoms with E-state index in [0.717, 1.165) is 147 Å². The number of fused-ring (bicyclic) bond motifs is 12. The van der Waals surface area contributed by atoms with E-state index in [1.54, 1.807) is 18.2 Å². The van der Waals surface area contributed by atoms with E-state index in [-0.39, 0.29) is 11.6 Å². The molecule has 2 nitrogen and oxygen atoms in total. The fraction of sp³-hybridized carbons (Fsp3) is 0. The predicted octanol–water partition coefficient (Wildman–Crippen LogP) is 21.0. The van der Waals surface area contributed by atoms with Crippen molar-refractivity contribution in [2.24, 2.45) is 0 Å². The van der Waals surface area contributed by atoms with Crippen LogP contribution in [0.5, 0.6) is 0 Å². The molecule has 76 heavy (non-hydrogen) atoms. The molecule has 0 saturated carbocycles. The van der Waals surface area contributed by atoms with Gasteiger partial charge in [0.2, 0.25) is 0 Å². The summed E-state index contributed by atoms with van der Waals surface area (Å²) in [6.45, 7) is 0. The zero-order valence-corrected chi connectivity index (χ0v) is 40.7. The van der Waals surface area contributed by atoms with Crippen LogP contribution in [-0.4, -0.2) is 0 Å². The van der Waals surface area contributed by atoms with E-state index in [0.29, 0.717) is 16.7 Å². The lowest BCUT2D eigenvalue weighted by atomic mass is 9.83. The fourth-order valence-electron chi connectivity index (χ4n) is 12.7. The maximum absolute atomic E-state index is 17.8. The molecular formula is C72H40F2O2. The molecule has 0 spiro atoms. The molecule has 0 fully saturated rings. The van der Waals surface area contributed by atoms with Gasteiger partial charge in [-0.15, -0.1) is 0 Å². The van der Waals surface area contributed by atoms with Crippen molar-refractivity contribution in [1.29, 1.82) is 0 Å². The van der Waals surface area contributed by atoms with Crippen LogP contribution < -0.4 is 0 Å². The van der Waals surface area contributed by atoms with E-state index in [4.69, 9.17) is 8.83 Å². The van der Waals surface area contributed by atoms with Gasteiger partial charge in [0.25, 0.3) is 0 Å². The second-order valence-corrected chi connectivity index (χ2v) is 20.0. The minimum atomic E-state index is -0.334. The Morgan fingerprint density at radius 3 is 1.22 bits per heavy atom. The van der Waals surface area contributed by atoms with Crippen molar-refractivity contribution in [3.63, 3.8) is 0 Å². The van der Waals surface area contributed by atoms with Gasteiger partial charge in [0.05, 0.1) is 0 Å². The quantitative estimate of drug-likeness (QED) is 0.161. The fourth-order valence-corrected chi connectivity index (χ4v) is 12.7. The summed E-state index contributed by atoms with van der Waals surface area (Å²) in [4.78, 5) is 0. The third kappa shape index (κ3) is 6.25. The van der Waals surface area contributed by atoms with Crippen LogP contribution >= 0.6 is 0 Å². The Morgan fingerprint density at radius 1 is 0.250 bits per heavy atom. The summed E-state index contributed by atoms with van der Waals surface area (Å²) in [5, 5.41) is 16.5. The zero-order valence-electron chi connectivity index (χ0n) is 40.7. The number of benzene rings is 14. The van der Waals surface area contributed by atoms with Crippen molar-refractivity contribution in [3.8, 4) is 55.6 Å². The van der Waals surface area contributed by atoms with E-state index >= 15 is 4.39 Å². The van der Waals surface area contributed by atoms with Crippen LogP contribution in [0.3, 0.4) is 0 Å². The van der Waals surface area contributed by atoms with E-state index in [1.165, 1.54) is 6.07 Å². The van der Waals surface area contributed by atoms with Gasteiger partial charge in [-0.3, -0.25) is 0 Å². The summed E-state index contributed by atoms with van der Waals surface area (Å²) in [5.41, 5.74) is 11.9. The first-order valence-corrected chi connectivity index (χ1v) is 25.7. The van der Waals surface area contributed by atoms with Crippen LogP contribution in [0.4, 0.5) is 8.78 Å². The van der Waals surface area contributed by atoms with E-state index in [1.807, 2.05) is 54.6 Å². The maximum Gasteiger partial charge on any atom is 0.143 e. The normalized spacial score (nSPS) is 12.1. The Hall–Kier alpha value is -9.90. The summed E-state index contributed by atoms with van der Waals surface area (Å²) < 4.78 is 46.4. The molecule has 0 N–H and O–H groups in total. The predicted molar refractivity (Wildman–Crippen MR) is 313 cm³/mol. The van der Waals surface area contributed by atoms with Gasteiger partial charge in [0, 0.05) is 38.2 Å². The molecule has 14 aromatic carbocycles. The van der Waals surface area contributed by atoms with Crippen molar-refractivity contribution < 1.29 is 17.6 Å². The Morgan fingerprint density at radius 2 is 0.684 bits per heavy atom. The number of hydrogen-bond donors (Lipinski definition) is 0. The second-order valence-electron chi connectivity index (χ2n) is 20.0. The lowest BCUT2D eigenvalue weighted by Gasteiger charge is -2.19. The van der Waals surface area contributed by atoms with Crippen molar-refractivity contribution in [1.82, 2.24) is 0 Å². The summed E-state index contributed by atoms with van der Waals surface area (Å²) in [6, 6.07) is 82.1. The highest BCUT2D eigenvalue weighted by atomic mass is 19.1. The lowest BCUT2D eigenvalue weighted by Crippen LogP contribution is -1.94. The lowest BCUT2D eigenvalue weighted by molar-refractivity contribution is 0.628. The maximum atomic E-state index is 17.8. The van der Waals surface area contributed by atoms with Crippen molar-refractivity contribution in [3.05, 3.63) is 254 Å². The molecule has 0 aliphatic carbocycles. The van der Waals surface area contributed by atoms with Gasteiger partial charge in [-0.2, -0.15) is 0 Å². The van der Waals surface area contributed by atoms with Crippen molar-refractivity contribution in [2.45, 2.75) is 0 Å². The summed E-state index contributed by atoms with van der Waals surface area (Å²) >= 11 is 0. The Kier molecular flexibility index (Phi) is 9.13. The molecule has 0 bridgehead atoms. The number of halogens is 2. The molecule has 4 heteroatoms. The highest BCUT2D eigenvalue weighted by molar-refractivity contribution is 6.29. The third-order valence-electron chi connectivity index (χ3n) is 15.9. The highest BCUT2D eigenvalue weighted by Gasteiger charge is 2.26. The van der Waals surface area contributed by atoms with Crippen molar-refractivity contribution >= 4 is 109 Å². The highest BCUT2D eigenvalue weighted by Crippen LogP contribution is 2.51. The van der Waals surface area contributed by atoms with Crippen LogP contribution in [-0.2, 0) is 0 Å². The molecule has 0 amide bonds. The first kappa shape index (κ1) is 42.6. The van der Waals surface area contributed by atoms with Crippen molar-refractivity contribution in [2.75, 3.05) is 0 Å². The Balaban J connectivity index is 0.916. The van der Waals surface area contributed by atoms with E-state index in [2.05, 4.69) is 164 Å². The first-order chi connectivity index (χ1) is 37.5. The molecule has 0 aliphatic heterocycles. The SMILES string of the molecule is Fc1cccc(-c2c3ccccc3c(-c3ccc(-c4ccc(-c5c6ccccc6c(-c6cccc7oc8cc9ccccc9cc8c67)c6ccccc56)c(F)c4)c4oc5cc6ccccc6cc5c34)c3ccccc23)c1. The zero-order chi connectivity index (χ0) is 50.2. The molecule has 0 aliphatic rings. The molecule has 16 aromatic rings. The Bertz CT molecular complexity index is 5040. The molecule has 2 aromatic heterocycles. The third-order valence-corrected chi connectivity index (χ3v) is 15.9. The van der Waals surface area contributed by atoms with E-state index in [9.17, 15) is 4.39 Å². The minimum Gasteiger partial charge on any atom is -0.456 e. The molecule has 354 valence electrons. The molecule has 0 saturated heterocycles. The minimum absolute atomic E-state index is 0.282. The van der Waals surface area contributed by atoms with Gasteiger partial charge in [0.15, 0.2) is 0 Å². The van der Waals surface area contributed by atoms with Crippen LogP contribution in [0.25, 0.3) is 164 Å². The van der Waals surface area contributed by atoms with Gasteiger partial charge in [-0.25, -0.2) is 8.78 Å². The molecule has 0 radical (unpaired) electrons. The van der Waals surface area contributed by atoms with Crippen LogP contribution in [0.15, 0.2) is 251 Å². The summed E-state index contributed by atoms with van der Waals surface area (Å²) in [5.74, 6) is -0.616. The number of furan rings is 2. The first-order valence-electron chi connectivity index (χ1n) is 25.7. The second kappa shape index (κ2) is 16.3. The van der Waals surface area contributed by atoms with Gasteiger partial charge in [-0.05, 0) is 158 Å². The molecule has 2 heterocycles. The standard InChI is InChI=1S/C72H40F2O2/c73-47-20-13-19-46(35-47)66-49-21-5-7-23-51(49)69(52-24-8-6-22-50(52)66)59-34-33-48(72-71(59)61-37-42-16-2-4-18-44(42)40-65(61)76-72)45-31-32-57(62(74)38-45)67-53-25-9-11-27-55(53)68(56-28-12-10-26-54(56)67)58-29-14-30-63-70(58)60-36-41-15-1-3-17-43(41)39-64(60)75-63/h1-40H.